The second-order valence-electron chi connectivity index (χ2n) is 4.68. The van der Waals surface area contributed by atoms with Crippen LogP contribution in [-0.2, 0) is 0 Å². The molecule has 4 atom stereocenters. The summed E-state index contributed by atoms with van der Waals surface area (Å²) in [4.78, 5) is 0. The van der Waals surface area contributed by atoms with Gasteiger partial charge in [-0.1, -0.05) is 30.7 Å². The first-order valence-corrected chi connectivity index (χ1v) is 5.38. The molecule has 3 aliphatic rings. The number of allylic oxidation sites excluding steroid dienone is 3. The Morgan fingerprint density at radius 1 is 1.15 bits per heavy atom. The van der Waals surface area contributed by atoms with Gasteiger partial charge in [-0.15, -0.1) is 0 Å². The van der Waals surface area contributed by atoms with Crippen LogP contribution >= 0.6 is 0 Å². The van der Waals surface area contributed by atoms with Crippen LogP contribution < -0.4 is 0 Å². The third-order valence-corrected chi connectivity index (χ3v) is 4.23. The van der Waals surface area contributed by atoms with Crippen molar-refractivity contribution in [3.63, 3.8) is 0 Å². The minimum atomic E-state index is -0.0776. The second-order valence-corrected chi connectivity index (χ2v) is 4.68. The van der Waals surface area contributed by atoms with Crippen LogP contribution in [0.1, 0.15) is 25.7 Å². The van der Waals surface area contributed by atoms with E-state index >= 15 is 0 Å². The summed E-state index contributed by atoms with van der Waals surface area (Å²) in [6.07, 6.45) is 13.7. The molecule has 1 nitrogen and oxygen atoms in total. The Kier molecular flexibility index (Phi) is 1.49. The van der Waals surface area contributed by atoms with Crippen LogP contribution in [0.3, 0.4) is 0 Å². The maximum atomic E-state index is 10.1. The highest BCUT2D eigenvalue weighted by Gasteiger charge is 2.53. The smallest absolute Gasteiger partial charge is 0.0642 e. The molecule has 0 bridgehead atoms. The third kappa shape index (κ3) is 0.812. The lowest BCUT2D eigenvalue weighted by molar-refractivity contribution is -0.0510. The van der Waals surface area contributed by atoms with Gasteiger partial charge in [0.2, 0.25) is 0 Å². The maximum absolute atomic E-state index is 10.1. The van der Waals surface area contributed by atoms with E-state index in [9.17, 15) is 5.11 Å². The summed E-state index contributed by atoms with van der Waals surface area (Å²) >= 11 is 0. The number of hydrogen-bond acceptors (Lipinski definition) is 1. The van der Waals surface area contributed by atoms with Gasteiger partial charge in [0.05, 0.1) is 6.10 Å². The Labute approximate surface area is 79.2 Å². The molecule has 0 amide bonds. The van der Waals surface area contributed by atoms with Crippen LogP contribution in [0.2, 0.25) is 0 Å². The van der Waals surface area contributed by atoms with Gasteiger partial charge in [0.25, 0.3) is 0 Å². The molecular weight excluding hydrogens is 160 g/mol. The van der Waals surface area contributed by atoms with Crippen molar-refractivity contribution in [2.24, 2.45) is 17.3 Å². The monoisotopic (exact) mass is 176 g/mol. The molecule has 0 unspecified atom stereocenters. The molecule has 13 heavy (non-hydrogen) atoms. The van der Waals surface area contributed by atoms with Crippen molar-refractivity contribution in [3.05, 3.63) is 24.3 Å². The van der Waals surface area contributed by atoms with Crippen LogP contribution in [-0.4, -0.2) is 11.2 Å². The first-order valence-electron chi connectivity index (χ1n) is 5.38. The molecule has 0 heterocycles. The van der Waals surface area contributed by atoms with Crippen LogP contribution in [0.15, 0.2) is 24.3 Å². The highest BCUT2D eigenvalue weighted by atomic mass is 16.3. The topological polar surface area (TPSA) is 20.2 Å². The third-order valence-electron chi connectivity index (χ3n) is 4.23. The summed E-state index contributed by atoms with van der Waals surface area (Å²) in [5.41, 5.74) is 0.160. The van der Waals surface area contributed by atoms with Gasteiger partial charge in [-0.25, -0.2) is 0 Å². The molecular formula is C12H16O. The van der Waals surface area contributed by atoms with Gasteiger partial charge in [0.15, 0.2) is 0 Å². The van der Waals surface area contributed by atoms with Gasteiger partial charge >= 0.3 is 0 Å². The van der Waals surface area contributed by atoms with Crippen LogP contribution in [0.5, 0.6) is 0 Å². The Morgan fingerprint density at radius 3 is 2.77 bits per heavy atom. The molecule has 1 saturated carbocycles. The van der Waals surface area contributed by atoms with E-state index < -0.39 is 0 Å². The number of aliphatic hydroxyl groups excluding tert-OH is 1. The second kappa shape index (κ2) is 2.48. The van der Waals surface area contributed by atoms with Crippen molar-refractivity contribution in [3.8, 4) is 0 Å². The maximum Gasteiger partial charge on any atom is 0.0642 e. The zero-order chi connectivity index (χ0) is 8.89. The molecule has 1 fully saturated rings. The number of rotatable bonds is 0. The lowest BCUT2D eigenvalue weighted by Crippen LogP contribution is -2.53. The summed E-state index contributed by atoms with van der Waals surface area (Å²) in [5, 5.41) is 10.1. The van der Waals surface area contributed by atoms with Crippen molar-refractivity contribution in [2.45, 2.75) is 31.8 Å². The van der Waals surface area contributed by atoms with Gasteiger partial charge in [-0.05, 0) is 31.1 Å². The van der Waals surface area contributed by atoms with E-state index in [4.69, 9.17) is 0 Å². The lowest BCUT2D eigenvalue weighted by Gasteiger charge is -2.55. The fraction of sp³-hybridized carbons (Fsp3) is 0.667. The van der Waals surface area contributed by atoms with Crippen LogP contribution in [0.25, 0.3) is 0 Å². The summed E-state index contributed by atoms with van der Waals surface area (Å²) in [6.45, 7) is 0. The van der Waals surface area contributed by atoms with E-state index in [1.165, 1.54) is 12.8 Å². The molecule has 70 valence electrons. The minimum absolute atomic E-state index is 0.0776. The zero-order valence-electron chi connectivity index (χ0n) is 7.82. The van der Waals surface area contributed by atoms with Crippen LogP contribution in [0, 0.1) is 17.3 Å². The van der Waals surface area contributed by atoms with Gasteiger partial charge in [-0.3, -0.25) is 0 Å². The Hall–Kier alpha value is -0.560. The Morgan fingerprint density at radius 2 is 2.08 bits per heavy atom. The Balaban J connectivity index is 2.02. The summed E-state index contributed by atoms with van der Waals surface area (Å²) in [7, 11) is 0. The van der Waals surface area contributed by atoms with Crippen molar-refractivity contribution < 1.29 is 5.11 Å². The summed E-state index contributed by atoms with van der Waals surface area (Å²) in [6, 6.07) is 0. The highest BCUT2D eigenvalue weighted by molar-refractivity contribution is 5.30. The molecule has 1 heteroatoms. The zero-order valence-corrected chi connectivity index (χ0v) is 7.82. The lowest BCUT2D eigenvalue weighted by atomic mass is 9.50. The quantitative estimate of drug-likeness (QED) is 0.561. The van der Waals surface area contributed by atoms with Crippen molar-refractivity contribution in [1.29, 1.82) is 0 Å². The SMILES string of the molecule is O[C@@H]1CCC[C@H]2C=CC[C@@H]3C=C[C@@]123. The first kappa shape index (κ1) is 7.81. The number of hydrogen-bond donors (Lipinski definition) is 1. The largest absolute Gasteiger partial charge is 0.392 e. The molecule has 0 radical (unpaired) electrons. The van der Waals surface area contributed by atoms with E-state index in [1.54, 1.807) is 0 Å². The highest BCUT2D eigenvalue weighted by Crippen LogP contribution is 2.57. The first-order chi connectivity index (χ1) is 6.34. The van der Waals surface area contributed by atoms with E-state index in [0.29, 0.717) is 11.8 Å². The predicted octanol–water partition coefficient (Wildman–Crippen LogP) is 2.28. The van der Waals surface area contributed by atoms with Crippen molar-refractivity contribution >= 4 is 0 Å². The predicted molar refractivity (Wildman–Crippen MR) is 52.2 cm³/mol. The summed E-state index contributed by atoms with van der Waals surface area (Å²) < 4.78 is 0. The molecule has 0 aromatic rings. The normalized spacial score (nSPS) is 52.2. The average molecular weight is 176 g/mol. The average Bonchev–Trinajstić information content (AvgIpc) is 2.09. The standard InChI is InChI=1S/C12H16O/c13-11-6-2-5-9-3-1-4-10-7-8-12(9,10)11/h1,3,7-11,13H,2,4-6H2/t9-,10-,11-,12-/m1/s1. The molecule has 3 aliphatic carbocycles. The van der Waals surface area contributed by atoms with Crippen molar-refractivity contribution in [1.82, 2.24) is 0 Å². The van der Waals surface area contributed by atoms with Crippen LogP contribution in [0.4, 0.5) is 0 Å². The molecule has 3 rings (SSSR count). The van der Waals surface area contributed by atoms with E-state index in [0.717, 1.165) is 12.8 Å². The van der Waals surface area contributed by atoms with Crippen molar-refractivity contribution in [2.75, 3.05) is 0 Å². The minimum Gasteiger partial charge on any atom is -0.392 e. The van der Waals surface area contributed by atoms with E-state index in [-0.39, 0.29) is 11.5 Å². The molecule has 1 spiro atoms. The summed E-state index contributed by atoms with van der Waals surface area (Å²) in [5.74, 6) is 1.26. The van der Waals surface area contributed by atoms with Gasteiger partial charge in [0, 0.05) is 5.41 Å². The molecule has 0 aliphatic heterocycles. The van der Waals surface area contributed by atoms with E-state index in [2.05, 4.69) is 24.3 Å². The van der Waals surface area contributed by atoms with Gasteiger partial charge in [-0.2, -0.15) is 0 Å². The molecule has 0 aromatic carbocycles. The molecule has 0 aromatic heterocycles. The molecule has 1 N–H and O–H groups in total. The van der Waals surface area contributed by atoms with Gasteiger partial charge < -0.3 is 5.11 Å². The fourth-order valence-electron chi connectivity index (χ4n) is 3.42. The fourth-order valence-corrected chi connectivity index (χ4v) is 3.42. The molecule has 0 saturated heterocycles. The van der Waals surface area contributed by atoms with E-state index in [1.807, 2.05) is 0 Å². The Bertz CT molecular complexity index is 279. The van der Waals surface area contributed by atoms with Gasteiger partial charge in [0.1, 0.15) is 0 Å². The number of aliphatic hydroxyl groups is 1.